The number of ether oxygens (including phenoxy) is 4. The summed E-state index contributed by atoms with van der Waals surface area (Å²) in [6.45, 7) is 5.13. The molecule has 8 nitrogen and oxygen atoms in total. The van der Waals surface area contributed by atoms with Gasteiger partial charge in [-0.3, -0.25) is 0 Å². The van der Waals surface area contributed by atoms with Crippen molar-refractivity contribution in [3.63, 3.8) is 0 Å². The summed E-state index contributed by atoms with van der Waals surface area (Å²) in [7, 11) is 1.56. The number of carbonyl (C=O) groups excluding carboxylic acids is 1. The van der Waals surface area contributed by atoms with Crippen molar-refractivity contribution in [1.82, 2.24) is 10.3 Å². The number of carbonyl (C=O) groups is 1. The van der Waals surface area contributed by atoms with Crippen LogP contribution in [0.2, 0.25) is 4.47 Å². The fraction of sp³-hybridized carbons (Fsp3) is 0.381. The van der Waals surface area contributed by atoms with Gasteiger partial charge < -0.3 is 24.3 Å². The maximum absolute atomic E-state index is 12.1. The Morgan fingerprint density at radius 2 is 2.13 bits per heavy atom. The van der Waals surface area contributed by atoms with Crippen molar-refractivity contribution in [1.29, 1.82) is 5.26 Å². The first kappa shape index (κ1) is 24.5. The first-order valence-corrected chi connectivity index (χ1v) is 10.7. The van der Waals surface area contributed by atoms with Gasteiger partial charge >= 0.3 is 5.97 Å². The van der Waals surface area contributed by atoms with Crippen molar-refractivity contribution >= 4 is 28.9 Å². The van der Waals surface area contributed by atoms with E-state index in [0.29, 0.717) is 41.4 Å². The molecule has 2 rings (SSSR count). The summed E-state index contributed by atoms with van der Waals surface area (Å²) >= 11 is 7.19. The van der Waals surface area contributed by atoms with E-state index in [4.69, 9.17) is 30.5 Å². The van der Waals surface area contributed by atoms with Gasteiger partial charge in [0.1, 0.15) is 19.3 Å². The largest absolute Gasteiger partial charge is 0.493 e. The Morgan fingerprint density at radius 3 is 2.77 bits per heavy atom. The molecule has 0 saturated carbocycles. The minimum atomic E-state index is -0.684. The zero-order chi connectivity index (χ0) is 22.6. The smallest absolute Gasteiger partial charge is 0.350 e. The number of halogens is 1. The number of hydrogen-bond acceptors (Lipinski definition) is 9. The predicted octanol–water partition coefficient (Wildman–Crippen LogP) is 3.85. The molecule has 0 fully saturated rings. The van der Waals surface area contributed by atoms with E-state index in [9.17, 15) is 10.1 Å². The third-order valence-electron chi connectivity index (χ3n) is 4.04. The number of nitriles is 1. The van der Waals surface area contributed by atoms with Crippen LogP contribution in [0.25, 0.3) is 0 Å². The fourth-order valence-electron chi connectivity index (χ4n) is 2.46. The maximum atomic E-state index is 12.1. The van der Waals surface area contributed by atoms with Crippen molar-refractivity contribution in [3.05, 3.63) is 50.6 Å². The lowest BCUT2D eigenvalue weighted by atomic mass is 10.2. The van der Waals surface area contributed by atoms with Crippen LogP contribution in [0.3, 0.4) is 0 Å². The molecule has 0 amide bonds. The van der Waals surface area contributed by atoms with E-state index in [0.717, 1.165) is 10.4 Å². The van der Waals surface area contributed by atoms with E-state index in [1.165, 1.54) is 11.3 Å². The molecule has 1 aromatic heterocycles. The molecule has 0 atom stereocenters. The second kappa shape index (κ2) is 12.8. The molecule has 0 aliphatic rings. The highest BCUT2D eigenvalue weighted by Crippen LogP contribution is 2.30. The van der Waals surface area contributed by atoms with Crippen molar-refractivity contribution in [2.75, 3.05) is 26.9 Å². The van der Waals surface area contributed by atoms with Gasteiger partial charge in [-0.1, -0.05) is 17.7 Å². The number of rotatable bonds is 12. The predicted molar refractivity (Wildman–Crippen MR) is 117 cm³/mol. The van der Waals surface area contributed by atoms with Crippen LogP contribution in [0.5, 0.6) is 11.5 Å². The van der Waals surface area contributed by atoms with E-state index in [-0.39, 0.29) is 18.8 Å². The van der Waals surface area contributed by atoms with Crippen LogP contribution in [-0.4, -0.2) is 37.9 Å². The number of allylic oxidation sites excluding steroid dienone is 1. The average molecular weight is 466 g/mol. The molecular weight excluding hydrogens is 442 g/mol. The summed E-state index contributed by atoms with van der Waals surface area (Å²) < 4.78 is 21.8. The normalized spacial score (nSPS) is 11.3. The Kier molecular flexibility index (Phi) is 10.1. The van der Waals surface area contributed by atoms with E-state index >= 15 is 0 Å². The molecule has 0 bridgehead atoms. The van der Waals surface area contributed by atoms with Gasteiger partial charge in [0.15, 0.2) is 21.5 Å². The number of aromatic nitrogens is 1. The van der Waals surface area contributed by atoms with Gasteiger partial charge in [0.25, 0.3) is 0 Å². The van der Waals surface area contributed by atoms with Crippen molar-refractivity contribution < 1.29 is 23.7 Å². The van der Waals surface area contributed by atoms with Crippen LogP contribution in [0.15, 0.2) is 35.7 Å². The molecule has 0 spiro atoms. The van der Waals surface area contributed by atoms with E-state index in [1.807, 2.05) is 25.1 Å². The van der Waals surface area contributed by atoms with Crippen LogP contribution >= 0.6 is 22.9 Å². The third-order valence-corrected chi connectivity index (χ3v) is 5.13. The molecule has 0 unspecified atom stereocenters. The molecule has 2 aromatic rings. The zero-order valence-electron chi connectivity index (χ0n) is 17.6. The highest BCUT2D eigenvalue weighted by atomic mass is 35.5. The van der Waals surface area contributed by atoms with Gasteiger partial charge in [0, 0.05) is 25.0 Å². The second-order valence-electron chi connectivity index (χ2n) is 6.15. The quantitative estimate of drug-likeness (QED) is 0.218. The molecule has 1 N–H and O–H groups in total. The molecule has 10 heteroatoms. The molecule has 166 valence electrons. The standard InChI is InChI=1S/C21H24ClN3O5S/c1-4-28-7-8-29-20(26)17(10-23)14(2)24-11-15-5-6-18(19(9-15)27-3)30-13-16-12-25-21(22)31-16/h5-6,9,12,24H,4,7-8,11,13H2,1-3H3/b17-14-. The number of nitrogens with one attached hydrogen (secondary N) is 1. The number of hydrogen-bond donors (Lipinski definition) is 1. The van der Waals surface area contributed by atoms with Crippen LogP contribution in [0.1, 0.15) is 24.3 Å². The highest BCUT2D eigenvalue weighted by molar-refractivity contribution is 7.15. The minimum absolute atomic E-state index is 0.0772. The molecule has 1 aromatic carbocycles. The molecule has 31 heavy (non-hydrogen) atoms. The Hall–Kier alpha value is -2.80. The van der Waals surface area contributed by atoms with E-state index in [1.54, 1.807) is 26.3 Å². The van der Waals surface area contributed by atoms with Crippen LogP contribution in [-0.2, 0) is 27.4 Å². The fourth-order valence-corrected chi connectivity index (χ4v) is 3.35. The van der Waals surface area contributed by atoms with Gasteiger partial charge in [-0.05, 0) is 31.5 Å². The number of nitrogens with zero attached hydrogens (tertiary/aromatic N) is 2. The lowest BCUT2D eigenvalue weighted by molar-refractivity contribution is -0.140. The van der Waals surface area contributed by atoms with Gasteiger partial charge in [0.05, 0.1) is 18.6 Å². The number of methoxy groups -OCH3 is 1. The summed E-state index contributed by atoms with van der Waals surface area (Å²) in [6.07, 6.45) is 1.67. The number of esters is 1. The lowest BCUT2D eigenvalue weighted by Gasteiger charge is -2.13. The zero-order valence-corrected chi connectivity index (χ0v) is 19.1. The number of thiazole rings is 1. The van der Waals surface area contributed by atoms with E-state index in [2.05, 4.69) is 10.3 Å². The first-order valence-electron chi connectivity index (χ1n) is 9.48. The molecule has 0 aliphatic carbocycles. The lowest BCUT2D eigenvalue weighted by Crippen LogP contribution is -2.19. The summed E-state index contributed by atoms with van der Waals surface area (Å²) in [5.41, 5.74) is 1.23. The Labute approximate surface area is 190 Å². The summed E-state index contributed by atoms with van der Waals surface area (Å²) in [4.78, 5) is 17.0. The molecule has 0 aliphatic heterocycles. The van der Waals surface area contributed by atoms with Crippen LogP contribution in [0.4, 0.5) is 0 Å². The second-order valence-corrected chi connectivity index (χ2v) is 7.85. The number of benzene rings is 1. The van der Waals surface area contributed by atoms with Gasteiger partial charge in [0.2, 0.25) is 0 Å². The average Bonchev–Trinajstić information content (AvgIpc) is 3.19. The van der Waals surface area contributed by atoms with Crippen molar-refractivity contribution in [3.8, 4) is 17.6 Å². The Balaban J connectivity index is 1.97. The minimum Gasteiger partial charge on any atom is -0.493 e. The monoisotopic (exact) mass is 465 g/mol. The SMILES string of the molecule is CCOCCOC(=O)/C(C#N)=C(/C)NCc1ccc(OCc2cnc(Cl)s2)c(OC)c1. The molecule has 0 radical (unpaired) electrons. The maximum Gasteiger partial charge on any atom is 0.350 e. The molecular formula is C21H24ClN3O5S. The molecule has 1 heterocycles. The van der Waals surface area contributed by atoms with Crippen molar-refractivity contribution in [2.45, 2.75) is 27.0 Å². The first-order chi connectivity index (χ1) is 15.0. The third kappa shape index (κ3) is 7.75. The highest BCUT2D eigenvalue weighted by Gasteiger charge is 2.15. The van der Waals surface area contributed by atoms with Gasteiger partial charge in [-0.25, -0.2) is 9.78 Å². The van der Waals surface area contributed by atoms with Gasteiger partial charge in [-0.15, -0.1) is 11.3 Å². The Morgan fingerprint density at radius 1 is 1.32 bits per heavy atom. The summed E-state index contributed by atoms with van der Waals surface area (Å²) in [5, 5.41) is 12.4. The van der Waals surface area contributed by atoms with E-state index < -0.39 is 5.97 Å². The summed E-state index contributed by atoms with van der Waals surface area (Å²) in [6, 6.07) is 7.37. The Bertz CT molecular complexity index is 955. The summed E-state index contributed by atoms with van der Waals surface area (Å²) in [5.74, 6) is 0.461. The topological polar surface area (TPSA) is 103 Å². The van der Waals surface area contributed by atoms with Crippen molar-refractivity contribution in [2.24, 2.45) is 0 Å². The van der Waals surface area contributed by atoms with Crippen LogP contribution < -0.4 is 14.8 Å². The van der Waals surface area contributed by atoms with Gasteiger partial charge in [-0.2, -0.15) is 5.26 Å². The van der Waals surface area contributed by atoms with Crippen LogP contribution in [0, 0.1) is 11.3 Å². The molecule has 0 saturated heterocycles.